The van der Waals surface area contributed by atoms with E-state index in [2.05, 4.69) is 91.4 Å². The fourth-order valence-corrected chi connectivity index (χ4v) is 12.6. The lowest BCUT2D eigenvalue weighted by Gasteiger charge is -2.36. The number of amides is 3. The Morgan fingerprint density at radius 2 is 1.68 bits per heavy atom. The van der Waals surface area contributed by atoms with Gasteiger partial charge in [0.1, 0.15) is 5.82 Å². The highest BCUT2D eigenvalue weighted by Gasteiger charge is 2.33. The molecule has 3 fully saturated rings. The van der Waals surface area contributed by atoms with Gasteiger partial charge in [-0.1, -0.05) is 53.7 Å². The Morgan fingerprint density at radius 1 is 0.867 bits per heavy atom. The van der Waals surface area contributed by atoms with Gasteiger partial charge in [-0.05, 0) is 135 Å². The topological polar surface area (TPSA) is 169 Å². The van der Waals surface area contributed by atoms with Gasteiger partial charge in [-0.3, -0.25) is 34.6 Å². The van der Waals surface area contributed by atoms with Crippen LogP contribution in [0.25, 0.3) is 32.2 Å². The molecule has 2 saturated heterocycles. The van der Waals surface area contributed by atoms with Crippen LogP contribution in [0, 0.1) is 24.7 Å². The summed E-state index contributed by atoms with van der Waals surface area (Å²) in [7, 11) is 4.07. The predicted octanol–water partition coefficient (Wildman–Crippen LogP) is 9.19. The Labute approximate surface area is 440 Å². The molecule has 3 aromatic heterocycles. The van der Waals surface area contributed by atoms with Crippen LogP contribution in [0.2, 0.25) is 0 Å². The monoisotopic (exact) mass is 1020 g/mol. The Bertz CT molecular complexity index is 3380. The molecule has 3 aliphatic heterocycles. The highest BCUT2D eigenvalue weighted by molar-refractivity contribution is 7.22. The summed E-state index contributed by atoms with van der Waals surface area (Å²) in [5.41, 5.74) is 9.84. The molecule has 4 aliphatic rings. The maximum Gasteiger partial charge on any atom is 0.355 e. The molecule has 75 heavy (non-hydrogen) atoms. The molecular weight excluding hydrogens is 961 g/mol. The molecule has 3 N–H and O–H groups in total. The molecule has 1 saturated carbocycles. The van der Waals surface area contributed by atoms with Crippen molar-refractivity contribution in [2.45, 2.75) is 83.2 Å². The van der Waals surface area contributed by atoms with Crippen molar-refractivity contribution in [2.24, 2.45) is 13.0 Å². The van der Waals surface area contributed by atoms with E-state index in [1.165, 1.54) is 11.3 Å². The van der Waals surface area contributed by atoms with Gasteiger partial charge >= 0.3 is 5.97 Å². The van der Waals surface area contributed by atoms with Crippen LogP contribution >= 0.6 is 11.3 Å². The lowest BCUT2D eigenvalue weighted by atomic mass is 9.85. The number of imide groups is 1. The van der Waals surface area contributed by atoms with Crippen molar-refractivity contribution < 1.29 is 24.3 Å². The van der Waals surface area contributed by atoms with Crippen molar-refractivity contribution in [3.8, 4) is 23.0 Å². The number of aryl methyl sites for hydroxylation is 1. The van der Waals surface area contributed by atoms with Gasteiger partial charge in [0, 0.05) is 106 Å². The number of benzene rings is 4. The molecule has 0 bridgehead atoms. The van der Waals surface area contributed by atoms with Crippen LogP contribution in [0.5, 0.6) is 0 Å². The summed E-state index contributed by atoms with van der Waals surface area (Å²) in [6.07, 6.45) is 7.64. The summed E-state index contributed by atoms with van der Waals surface area (Å²) in [6.45, 7) is 8.05. The Hall–Kier alpha value is -7.61. The van der Waals surface area contributed by atoms with Gasteiger partial charge in [0.2, 0.25) is 11.8 Å². The van der Waals surface area contributed by atoms with Crippen LogP contribution in [-0.4, -0.2) is 106 Å². The first-order valence-electron chi connectivity index (χ1n) is 26.3. The Kier molecular flexibility index (Phi) is 14.1. The number of para-hydroxylation sites is 1. The van der Waals surface area contributed by atoms with E-state index in [1.807, 2.05) is 72.4 Å². The molecule has 4 aromatic carbocycles. The SMILES string of the molecule is Cc1c(-c2ccc(N3CCc4cccc(C(=O)Nc5nc6ccccc6s5)c4C3)nc2C(=O)O)cccc1N(C)C1CCC(C#CCCCN2CCN(c3ccc4c(C5CCC(=O)NC5=O)nn(C)c4c3)CC2)CC1. The number of pyridine rings is 1. The van der Waals surface area contributed by atoms with Crippen LogP contribution in [0.4, 0.5) is 22.3 Å². The second kappa shape index (κ2) is 21.3. The summed E-state index contributed by atoms with van der Waals surface area (Å²) in [5.74, 6) is 5.91. The standard InChI is InChI=1S/C59H62N10O5S/c1-37-42(43-24-26-52(61-55(43)58(73)74)69-30-28-39-12-9-14-44(47(39)36-69)56(71)63-59-60-48-15-6-7-17-51(48)75-59)13-10-16-49(37)65(2)40-20-18-38(19-21-40)11-5-4-8-29-67-31-33-68(34-32-67)41-22-23-45-50(35-41)66(3)64-54(45)46-25-27-53(70)62-57(46)72/h6-7,9-10,12-17,22-24,26,35,38,40,46H,4,8,18-21,25,27-34,36H2,1-3H3,(H,73,74)(H,60,63,71)(H,62,70,72). The van der Waals surface area contributed by atoms with E-state index in [0.717, 1.165) is 132 Å². The lowest BCUT2D eigenvalue weighted by molar-refractivity contribution is -0.134. The molecule has 0 radical (unpaired) electrons. The van der Waals surface area contributed by atoms with Gasteiger partial charge in [0.05, 0.1) is 27.3 Å². The van der Waals surface area contributed by atoms with Gasteiger partial charge in [-0.2, -0.15) is 5.10 Å². The number of hydrogen-bond acceptors (Lipinski definition) is 12. The number of nitrogens with one attached hydrogen (secondary N) is 2. The first kappa shape index (κ1) is 49.6. The van der Waals surface area contributed by atoms with Gasteiger partial charge < -0.3 is 19.8 Å². The number of fused-ring (bicyclic) bond motifs is 3. The molecular formula is C59H62N10O5S. The van der Waals surface area contributed by atoms with Crippen molar-refractivity contribution in [3.63, 3.8) is 0 Å². The van der Waals surface area contributed by atoms with E-state index in [0.29, 0.717) is 66.4 Å². The first-order valence-corrected chi connectivity index (χ1v) is 27.1. The van der Waals surface area contributed by atoms with Crippen LogP contribution in [-0.2, 0) is 29.6 Å². The number of anilines is 4. The maximum absolute atomic E-state index is 13.7. The summed E-state index contributed by atoms with van der Waals surface area (Å²) in [6, 6.07) is 30.3. The van der Waals surface area contributed by atoms with Crippen LogP contribution in [0.3, 0.4) is 0 Å². The zero-order valence-corrected chi connectivity index (χ0v) is 43.6. The Balaban J connectivity index is 0.662. The number of carbonyl (C=O) groups excluding carboxylic acids is 3. The summed E-state index contributed by atoms with van der Waals surface area (Å²) in [4.78, 5) is 69.8. The number of thiazole rings is 1. The minimum absolute atomic E-state index is 0.00509. The number of piperazine rings is 1. The van der Waals surface area contributed by atoms with E-state index < -0.39 is 11.9 Å². The molecule has 1 unspecified atom stereocenters. The number of carbonyl (C=O) groups is 4. The number of carboxylic acid groups (broad SMARTS) is 1. The van der Waals surface area contributed by atoms with E-state index in [1.54, 1.807) is 0 Å². The maximum atomic E-state index is 13.7. The van der Waals surface area contributed by atoms with Gasteiger partial charge in [-0.15, -0.1) is 5.92 Å². The second-order valence-electron chi connectivity index (χ2n) is 20.5. The van der Waals surface area contributed by atoms with E-state index in [9.17, 15) is 24.3 Å². The molecule has 11 rings (SSSR count). The number of carboxylic acids is 1. The third kappa shape index (κ3) is 10.3. The minimum Gasteiger partial charge on any atom is -0.476 e. The molecule has 384 valence electrons. The molecule has 7 aromatic rings. The third-order valence-electron chi connectivity index (χ3n) is 15.9. The van der Waals surface area contributed by atoms with Crippen LogP contribution < -0.4 is 25.3 Å². The molecule has 15 nitrogen and oxygen atoms in total. The molecule has 6 heterocycles. The summed E-state index contributed by atoms with van der Waals surface area (Å²) < 4.78 is 2.85. The summed E-state index contributed by atoms with van der Waals surface area (Å²) >= 11 is 1.44. The number of rotatable bonds is 12. The van der Waals surface area contributed by atoms with Gasteiger partial charge in [0.15, 0.2) is 10.8 Å². The van der Waals surface area contributed by atoms with Crippen molar-refractivity contribution in [3.05, 3.63) is 125 Å². The average Bonchev–Trinajstić information content (AvgIpc) is 3.99. The van der Waals surface area contributed by atoms with Gasteiger partial charge in [0.25, 0.3) is 5.91 Å². The molecule has 16 heteroatoms. The van der Waals surface area contributed by atoms with E-state index in [-0.39, 0.29) is 23.4 Å². The third-order valence-corrected chi connectivity index (χ3v) is 16.9. The fourth-order valence-electron chi connectivity index (χ4n) is 11.7. The average molecular weight is 1020 g/mol. The smallest absolute Gasteiger partial charge is 0.355 e. The van der Waals surface area contributed by atoms with Gasteiger partial charge in [-0.25, -0.2) is 14.8 Å². The van der Waals surface area contributed by atoms with E-state index in [4.69, 9.17) is 10.1 Å². The number of aromatic nitrogens is 4. The minimum atomic E-state index is -1.08. The number of nitrogens with zero attached hydrogens (tertiary/aromatic N) is 8. The zero-order chi connectivity index (χ0) is 51.7. The number of hydrogen-bond donors (Lipinski definition) is 3. The van der Waals surface area contributed by atoms with Crippen molar-refractivity contribution >= 4 is 78.5 Å². The first-order chi connectivity index (χ1) is 36.4. The molecule has 3 amide bonds. The largest absolute Gasteiger partial charge is 0.476 e. The molecule has 1 atom stereocenters. The van der Waals surface area contributed by atoms with E-state index >= 15 is 0 Å². The quantitative estimate of drug-likeness (QED) is 0.0604. The number of aromatic carboxylic acids is 1. The van der Waals surface area contributed by atoms with Crippen LogP contribution in [0.1, 0.15) is 101 Å². The second-order valence-corrected chi connectivity index (χ2v) is 21.5. The lowest BCUT2D eigenvalue weighted by Crippen LogP contribution is -2.46. The molecule has 0 spiro atoms. The molecule has 1 aliphatic carbocycles. The predicted molar refractivity (Wildman–Crippen MR) is 296 cm³/mol. The zero-order valence-electron chi connectivity index (χ0n) is 42.8. The van der Waals surface area contributed by atoms with Crippen LogP contribution in [0.15, 0.2) is 91.0 Å². The fraction of sp³-hybridized carbons (Fsp3) is 0.373. The summed E-state index contributed by atoms with van der Waals surface area (Å²) in [5, 5.41) is 22.3. The highest BCUT2D eigenvalue weighted by atomic mass is 32.1. The number of unbranched alkanes of at least 4 members (excludes halogenated alkanes) is 1. The van der Waals surface area contributed by atoms with Crippen molar-refractivity contribution in [2.75, 3.05) is 66.3 Å². The Morgan fingerprint density at radius 3 is 2.48 bits per heavy atom. The normalized spacial score (nSPS) is 19.1. The number of piperidine rings is 1. The van der Waals surface area contributed by atoms with Crippen molar-refractivity contribution in [1.29, 1.82) is 0 Å². The van der Waals surface area contributed by atoms with Crippen molar-refractivity contribution in [1.82, 2.24) is 30.0 Å². The highest BCUT2D eigenvalue weighted by Crippen LogP contribution is 2.38.